The van der Waals surface area contributed by atoms with Crippen molar-refractivity contribution < 1.29 is 4.79 Å². The number of aromatic nitrogens is 3. The van der Waals surface area contributed by atoms with Gasteiger partial charge in [-0.15, -0.1) is 10.2 Å². The summed E-state index contributed by atoms with van der Waals surface area (Å²) in [5, 5.41) is 19.8. The van der Waals surface area contributed by atoms with Crippen LogP contribution in [0.3, 0.4) is 0 Å². The van der Waals surface area contributed by atoms with Crippen LogP contribution in [0, 0.1) is 11.3 Å². The number of nitrogens with zero attached hydrogens (tertiary/aromatic N) is 5. The summed E-state index contributed by atoms with van der Waals surface area (Å²) in [5.41, 5.74) is 2.42. The molecule has 3 aromatic rings. The molecule has 2 heterocycles. The molecule has 27 heavy (non-hydrogen) atoms. The smallest absolute Gasteiger partial charge is 0.276 e. The first-order valence-electron chi connectivity index (χ1n) is 8.41. The molecule has 0 radical (unpaired) electrons. The topological polar surface area (TPSA) is 94.8 Å². The lowest BCUT2D eigenvalue weighted by molar-refractivity contribution is 0.102. The van der Waals surface area contributed by atoms with Gasteiger partial charge in [0.05, 0.1) is 11.6 Å². The molecule has 7 nitrogen and oxygen atoms in total. The summed E-state index contributed by atoms with van der Waals surface area (Å²) in [4.78, 5) is 18.3. The molecule has 134 valence electrons. The third-order valence-corrected chi connectivity index (χ3v) is 4.01. The standard InChI is InChI=1S/C20H18N6O/c1-26(12-9-15-7-10-22-11-8-15)19-6-5-18(24-25-19)20(27)23-17-4-2-3-16(13-17)14-21/h2-8,10-11,13H,9,12H2,1H3,(H,23,27). The largest absolute Gasteiger partial charge is 0.358 e. The van der Waals surface area contributed by atoms with Crippen LogP contribution in [0.4, 0.5) is 11.5 Å². The van der Waals surface area contributed by atoms with Crippen LogP contribution in [-0.4, -0.2) is 34.7 Å². The number of rotatable bonds is 6. The Morgan fingerprint density at radius 3 is 2.67 bits per heavy atom. The maximum Gasteiger partial charge on any atom is 0.276 e. The van der Waals surface area contributed by atoms with Gasteiger partial charge in [0.25, 0.3) is 5.91 Å². The van der Waals surface area contributed by atoms with Crippen molar-refractivity contribution in [3.63, 3.8) is 0 Å². The lowest BCUT2D eigenvalue weighted by Crippen LogP contribution is -2.22. The molecule has 0 aliphatic heterocycles. The Kier molecular flexibility index (Phi) is 5.70. The molecule has 0 aliphatic rings. The van der Waals surface area contributed by atoms with Gasteiger partial charge in [0.15, 0.2) is 11.5 Å². The number of pyridine rings is 1. The van der Waals surface area contributed by atoms with E-state index in [-0.39, 0.29) is 11.6 Å². The molecule has 0 aliphatic carbocycles. The molecule has 1 N–H and O–H groups in total. The third kappa shape index (κ3) is 4.86. The second-order valence-electron chi connectivity index (χ2n) is 5.95. The maximum absolute atomic E-state index is 12.3. The first-order chi connectivity index (χ1) is 13.2. The van der Waals surface area contributed by atoms with Crippen molar-refractivity contribution in [2.24, 2.45) is 0 Å². The van der Waals surface area contributed by atoms with Crippen molar-refractivity contribution in [1.29, 1.82) is 5.26 Å². The number of nitriles is 1. The Hall–Kier alpha value is -3.79. The fourth-order valence-corrected chi connectivity index (χ4v) is 2.47. The lowest BCUT2D eigenvalue weighted by Gasteiger charge is -2.17. The Morgan fingerprint density at radius 2 is 1.96 bits per heavy atom. The van der Waals surface area contributed by atoms with E-state index in [4.69, 9.17) is 5.26 Å². The average Bonchev–Trinajstić information content (AvgIpc) is 2.73. The van der Waals surface area contributed by atoms with Gasteiger partial charge in [-0.25, -0.2) is 0 Å². The highest BCUT2D eigenvalue weighted by atomic mass is 16.1. The van der Waals surface area contributed by atoms with Gasteiger partial charge < -0.3 is 10.2 Å². The van der Waals surface area contributed by atoms with Crippen LogP contribution in [0.5, 0.6) is 0 Å². The molecule has 3 rings (SSSR count). The van der Waals surface area contributed by atoms with E-state index in [2.05, 4.69) is 20.5 Å². The number of carbonyl (C=O) groups is 1. The zero-order valence-electron chi connectivity index (χ0n) is 14.8. The van der Waals surface area contributed by atoms with Crippen molar-refractivity contribution in [2.75, 3.05) is 23.8 Å². The van der Waals surface area contributed by atoms with E-state index in [0.717, 1.165) is 13.0 Å². The monoisotopic (exact) mass is 358 g/mol. The molecule has 0 fully saturated rings. The van der Waals surface area contributed by atoms with Crippen molar-refractivity contribution in [2.45, 2.75) is 6.42 Å². The fourth-order valence-electron chi connectivity index (χ4n) is 2.47. The second-order valence-corrected chi connectivity index (χ2v) is 5.95. The maximum atomic E-state index is 12.3. The summed E-state index contributed by atoms with van der Waals surface area (Å²) < 4.78 is 0. The van der Waals surface area contributed by atoms with Crippen molar-refractivity contribution in [1.82, 2.24) is 15.2 Å². The minimum Gasteiger partial charge on any atom is -0.358 e. The summed E-state index contributed by atoms with van der Waals surface area (Å²) in [7, 11) is 1.93. The number of hydrogen-bond donors (Lipinski definition) is 1. The van der Waals surface area contributed by atoms with E-state index in [1.807, 2.05) is 30.1 Å². The number of benzene rings is 1. The van der Waals surface area contributed by atoms with E-state index >= 15 is 0 Å². The highest BCUT2D eigenvalue weighted by Gasteiger charge is 2.11. The Bertz CT molecular complexity index is 950. The molecular formula is C20H18N6O. The van der Waals surface area contributed by atoms with Gasteiger partial charge in [-0.05, 0) is 54.4 Å². The SMILES string of the molecule is CN(CCc1ccncc1)c1ccc(C(=O)Nc2cccc(C#N)c2)nn1. The van der Waals surface area contributed by atoms with E-state index in [1.54, 1.807) is 48.8 Å². The molecule has 0 unspecified atom stereocenters. The number of amides is 1. The van der Waals surface area contributed by atoms with Gasteiger partial charge in [-0.3, -0.25) is 9.78 Å². The van der Waals surface area contributed by atoms with Crippen LogP contribution < -0.4 is 10.2 Å². The zero-order chi connectivity index (χ0) is 19.1. The lowest BCUT2D eigenvalue weighted by atomic mass is 10.2. The molecular weight excluding hydrogens is 340 g/mol. The fraction of sp³-hybridized carbons (Fsp3) is 0.150. The molecule has 1 amide bonds. The van der Waals surface area contributed by atoms with E-state index in [1.165, 1.54) is 5.56 Å². The first-order valence-corrected chi connectivity index (χ1v) is 8.41. The van der Waals surface area contributed by atoms with Crippen molar-refractivity contribution in [3.05, 3.63) is 77.7 Å². The zero-order valence-corrected chi connectivity index (χ0v) is 14.8. The summed E-state index contributed by atoms with van der Waals surface area (Å²) in [5.74, 6) is 0.315. The molecule has 0 spiro atoms. The van der Waals surface area contributed by atoms with Crippen LogP contribution in [0.25, 0.3) is 0 Å². The van der Waals surface area contributed by atoms with Gasteiger partial charge in [0, 0.05) is 31.7 Å². The van der Waals surface area contributed by atoms with E-state index in [0.29, 0.717) is 17.1 Å². The summed E-state index contributed by atoms with van der Waals surface area (Å²) in [6.45, 7) is 0.769. The molecule has 2 aromatic heterocycles. The van der Waals surface area contributed by atoms with Gasteiger partial charge in [-0.1, -0.05) is 6.07 Å². The van der Waals surface area contributed by atoms with Gasteiger partial charge >= 0.3 is 0 Å². The van der Waals surface area contributed by atoms with Crippen LogP contribution in [0.2, 0.25) is 0 Å². The van der Waals surface area contributed by atoms with Crippen LogP contribution >= 0.6 is 0 Å². The number of hydrogen-bond acceptors (Lipinski definition) is 6. The minimum atomic E-state index is -0.372. The normalized spacial score (nSPS) is 10.1. The molecule has 0 bridgehead atoms. The molecule has 1 aromatic carbocycles. The second kappa shape index (κ2) is 8.54. The van der Waals surface area contributed by atoms with Gasteiger partial charge in [-0.2, -0.15) is 5.26 Å². The molecule has 0 saturated heterocycles. The van der Waals surface area contributed by atoms with Gasteiger partial charge in [0.2, 0.25) is 0 Å². The molecule has 7 heteroatoms. The van der Waals surface area contributed by atoms with Crippen LogP contribution in [0.15, 0.2) is 60.9 Å². The highest BCUT2D eigenvalue weighted by molar-refractivity contribution is 6.02. The summed E-state index contributed by atoms with van der Waals surface area (Å²) in [6.07, 6.45) is 4.40. The Balaban J connectivity index is 1.60. The number of nitrogens with one attached hydrogen (secondary N) is 1. The van der Waals surface area contributed by atoms with Crippen LogP contribution in [-0.2, 0) is 6.42 Å². The first kappa shape index (κ1) is 18.0. The minimum absolute atomic E-state index is 0.212. The number of carbonyl (C=O) groups excluding carboxylic acids is 1. The van der Waals surface area contributed by atoms with E-state index in [9.17, 15) is 4.79 Å². The quantitative estimate of drug-likeness (QED) is 0.728. The summed E-state index contributed by atoms with van der Waals surface area (Å²) in [6, 6.07) is 16.1. The van der Waals surface area contributed by atoms with E-state index < -0.39 is 0 Å². The van der Waals surface area contributed by atoms with Crippen LogP contribution in [0.1, 0.15) is 21.6 Å². The van der Waals surface area contributed by atoms with Gasteiger partial charge in [0.1, 0.15) is 0 Å². The number of likely N-dealkylation sites (N-methyl/N-ethyl adjacent to an activating group) is 1. The number of anilines is 2. The van der Waals surface area contributed by atoms with Crippen molar-refractivity contribution in [3.8, 4) is 6.07 Å². The molecule has 0 saturated carbocycles. The Labute approximate surface area is 157 Å². The molecule has 0 atom stereocenters. The Morgan fingerprint density at radius 1 is 1.15 bits per heavy atom. The predicted octanol–water partition coefficient (Wildman–Crippen LogP) is 2.67. The summed E-state index contributed by atoms with van der Waals surface area (Å²) >= 11 is 0. The predicted molar refractivity (Wildman–Crippen MR) is 102 cm³/mol. The average molecular weight is 358 g/mol. The third-order valence-electron chi connectivity index (χ3n) is 4.01. The highest BCUT2D eigenvalue weighted by Crippen LogP contribution is 2.13. The van der Waals surface area contributed by atoms with Crippen molar-refractivity contribution >= 4 is 17.4 Å².